The molecule has 2 aromatic carbocycles. The van der Waals surface area contributed by atoms with E-state index in [1.807, 2.05) is 12.1 Å². The molecule has 0 saturated carbocycles. The smallest absolute Gasteiger partial charge is 0.271 e. The summed E-state index contributed by atoms with van der Waals surface area (Å²) < 4.78 is 8.00. The van der Waals surface area contributed by atoms with Crippen LogP contribution in [0.3, 0.4) is 0 Å². The Morgan fingerprint density at radius 2 is 1.70 bits per heavy atom. The Labute approximate surface area is 144 Å². The molecule has 20 heavy (non-hydrogen) atoms. The highest BCUT2D eigenvalue weighted by Gasteiger charge is 2.14. The second kappa shape index (κ2) is 6.43. The number of hydrogen-bond donors (Lipinski definition) is 0. The summed E-state index contributed by atoms with van der Waals surface area (Å²) in [5.74, 6) is 0.866. The summed E-state index contributed by atoms with van der Waals surface area (Å²) >= 11 is 16.1. The summed E-state index contributed by atoms with van der Waals surface area (Å²) in [4.78, 5) is 10.1. The van der Waals surface area contributed by atoms with Crippen molar-refractivity contribution in [2.75, 3.05) is 0 Å². The molecule has 0 aliphatic carbocycles. The first-order valence-electron chi connectivity index (χ1n) is 5.15. The van der Waals surface area contributed by atoms with Gasteiger partial charge < -0.3 is 4.74 Å². The average molecular weight is 486 g/mol. The van der Waals surface area contributed by atoms with Crippen LogP contribution in [0.4, 0.5) is 5.69 Å². The topological polar surface area (TPSA) is 52.4 Å². The van der Waals surface area contributed by atoms with Crippen molar-refractivity contribution in [1.29, 1.82) is 0 Å². The minimum Gasteiger partial charge on any atom is -0.453 e. The highest BCUT2D eigenvalue weighted by Crippen LogP contribution is 2.41. The highest BCUT2D eigenvalue weighted by atomic mass is 79.9. The molecular formula is C12H5Br3ClNO3. The summed E-state index contributed by atoms with van der Waals surface area (Å²) in [7, 11) is 0. The van der Waals surface area contributed by atoms with E-state index in [0.717, 1.165) is 4.47 Å². The third-order valence-electron chi connectivity index (χ3n) is 2.30. The highest BCUT2D eigenvalue weighted by molar-refractivity contribution is 9.11. The van der Waals surface area contributed by atoms with Crippen molar-refractivity contribution < 1.29 is 9.66 Å². The molecule has 0 saturated heterocycles. The largest absolute Gasteiger partial charge is 0.453 e. The molecule has 0 aliphatic heterocycles. The van der Waals surface area contributed by atoms with Gasteiger partial charge in [-0.25, -0.2) is 0 Å². The molecule has 104 valence electrons. The Hall–Kier alpha value is -0.630. The molecule has 0 aromatic heterocycles. The van der Waals surface area contributed by atoms with Gasteiger partial charge in [-0.3, -0.25) is 10.1 Å². The Kier molecular flexibility index (Phi) is 5.06. The van der Waals surface area contributed by atoms with Crippen molar-refractivity contribution in [2.45, 2.75) is 0 Å². The van der Waals surface area contributed by atoms with Gasteiger partial charge in [0.1, 0.15) is 5.75 Å². The zero-order valence-electron chi connectivity index (χ0n) is 9.57. The van der Waals surface area contributed by atoms with Gasteiger partial charge in [-0.15, -0.1) is 0 Å². The van der Waals surface area contributed by atoms with Crippen LogP contribution in [0.15, 0.2) is 43.7 Å². The van der Waals surface area contributed by atoms with Crippen LogP contribution in [0.1, 0.15) is 0 Å². The maximum absolute atomic E-state index is 10.7. The van der Waals surface area contributed by atoms with Gasteiger partial charge in [0.05, 0.1) is 18.9 Å². The van der Waals surface area contributed by atoms with Crippen molar-refractivity contribution in [1.82, 2.24) is 0 Å². The van der Waals surface area contributed by atoms with Gasteiger partial charge in [0.2, 0.25) is 0 Å². The normalized spacial score (nSPS) is 10.4. The van der Waals surface area contributed by atoms with E-state index in [4.69, 9.17) is 16.3 Å². The second-order valence-electron chi connectivity index (χ2n) is 3.67. The Morgan fingerprint density at radius 1 is 1.10 bits per heavy atom. The number of nitrogens with zero attached hydrogens (tertiary/aromatic N) is 1. The van der Waals surface area contributed by atoms with Crippen LogP contribution < -0.4 is 4.74 Å². The van der Waals surface area contributed by atoms with E-state index in [0.29, 0.717) is 20.4 Å². The van der Waals surface area contributed by atoms with Gasteiger partial charge in [-0.1, -0.05) is 27.5 Å². The lowest BCUT2D eigenvalue weighted by Crippen LogP contribution is -1.91. The minimum absolute atomic E-state index is 0.0868. The van der Waals surface area contributed by atoms with Crippen LogP contribution in [0.2, 0.25) is 5.02 Å². The zero-order valence-corrected chi connectivity index (χ0v) is 15.1. The minimum atomic E-state index is -0.513. The molecule has 2 aromatic rings. The van der Waals surface area contributed by atoms with Crippen LogP contribution in [-0.4, -0.2) is 4.92 Å². The number of nitro benzene ring substituents is 1. The van der Waals surface area contributed by atoms with Gasteiger partial charge in [0.25, 0.3) is 5.69 Å². The summed E-state index contributed by atoms with van der Waals surface area (Å²) in [6, 6.07) is 7.68. The number of hydrogen-bond acceptors (Lipinski definition) is 3. The summed E-state index contributed by atoms with van der Waals surface area (Å²) in [6.45, 7) is 0. The van der Waals surface area contributed by atoms with E-state index >= 15 is 0 Å². The van der Waals surface area contributed by atoms with Crippen LogP contribution in [0.25, 0.3) is 0 Å². The fourth-order valence-electron chi connectivity index (χ4n) is 1.42. The molecule has 2 rings (SSSR count). The molecule has 8 heteroatoms. The molecule has 0 aliphatic rings. The van der Waals surface area contributed by atoms with E-state index in [9.17, 15) is 10.1 Å². The predicted octanol–water partition coefficient (Wildman–Crippen LogP) is 6.33. The number of benzene rings is 2. The van der Waals surface area contributed by atoms with Crippen molar-refractivity contribution in [3.63, 3.8) is 0 Å². The summed E-state index contributed by atoms with van der Waals surface area (Å²) in [6.07, 6.45) is 0. The van der Waals surface area contributed by atoms with E-state index in [2.05, 4.69) is 47.8 Å². The number of halogens is 4. The van der Waals surface area contributed by atoms with Crippen LogP contribution >= 0.6 is 59.4 Å². The number of non-ortho nitro benzene ring substituents is 1. The van der Waals surface area contributed by atoms with Crippen molar-refractivity contribution in [2.24, 2.45) is 0 Å². The molecule has 0 N–H and O–H groups in total. The lowest BCUT2D eigenvalue weighted by Gasteiger charge is -2.11. The molecule has 4 nitrogen and oxygen atoms in total. The maximum Gasteiger partial charge on any atom is 0.271 e. The standard InChI is InChI=1S/C12H5Br3ClNO3/c13-6-3-8(14)12(9(15)4-6)20-11-2-1-7(17(18)19)5-10(11)16/h1-5H. The van der Waals surface area contributed by atoms with Crippen molar-refractivity contribution in [3.05, 3.63) is 58.9 Å². The molecule has 0 unspecified atom stereocenters. The third-order valence-corrected chi connectivity index (χ3v) is 4.23. The lowest BCUT2D eigenvalue weighted by molar-refractivity contribution is -0.384. The Bertz CT molecular complexity index is 671. The molecule has 0 fully saturated rings. The maximum atomic E-state index is 10.7. The van der Waals surface area contributed by atoms with E-state index < -0.39 is 4.92 Å². The van der Waals surface area contributed by atoms with Gasteiger partial charge in [-0.05, 0) is 50.1 Å². The first-order chi connectivity index (χ1) is 9.38. The number of ether oxygens (including phenoxy) is 1. The number of rotatable bonds is 3. The molecular weight excluding hydrogens is 481 g/mol. The second-order valence-corrected chi connectivity index (χ2v) is 6.70. The van der Waals surface area contributed by atoms with Gasteiger partial charge in [0.15, 0.2) is 5.75 Å². The average Bonchev–Trinajstić information content (AvgIpc) is 2.34. The Morgan fingerprint density at radius 3 is 2.20 bits per heavy atom. The summed E-state index contributed by atoms with van der Waals surface area (Å²) in [5.41, 5.74) is -0.0868. The van der Waals surface area contributed by atoms with Gasteiger partial charge in [0, 0.05) is 16.6 Å². The lowest BCUT2D eigenvalue weighted by atomic mass is 10.3. The molecule has 0 amide bonds. The molecule has 0 heterocycles. The van der Waals surface area contributed by atoms with E-state index in [1.165, 1.54) is 18.2 Å². The van der Waals surface area contributed by atoms with E-state index in [1.54, 1.807) is 0 Å². The van der Waals surface area contributed by atoms with Crippen LogP contribution in [0.5, 0.6) is 11.5 Å². The SMILES string of the molecule is O=[N+]([O-])c1ccc(Oc2c(Br)cc(Br)cc2Br)c(Cl)c1. The Balaban J connectivity index is 2.38. The third kappa shape index (κ3) is 3.52. The van der Waals surface area contributed by atoms with Crippen molar-refractivity contribution >= 4 is 65.1 Å². The fourth-order valence-corrected chi connectivity index (χ4v) is 4.06. The van der Waals surface area contributed by atoms with Crippen molar-refractivity contribution in [3.8, 4) is 11.5 Å². The molecule has 0 spiro atoms. The number of nitro groups is 1. The fraction of sp³-hybridized carbons (Fsp3) is 0. The molecule has 0 atom stereocenters. The first-order valence-corrected chi connectivity index (χ1v) is 7.90. The van der Waals surface area contributed by atoms with Gasteiger partial charge >= 0.3 is 0 Å². The quantitative estimate of drug-likeness (QED) is 0.377. The first kappa shape index (κ1) is 15.8. The van der Waals surface area contributed by atoms with Crippen LogP contribution in [-0.2, 0) is 0 Å². The molecule has 0 radical (unpaired) electrons. The van der Waals surface area contributed by atoms with Crippen LogP contribution in [0, 0.1) is 10.1 Å². The monoisotopic (exact) mass is 483 g/mol. The zero-order chi connectivity index (χ0) is 14.9. The molecule has 0 bridgehead atoms. The predicted molar refractivity (Wildman–Crippen MR) is 87.7 cm³/mol. The van der Waals surface area contributed by atoms with E-state index in [-0.39, 0.29) is 10.7 Å². The van der Waals surface area contributed by atoms with Gasteiger partial charge in [-0.2, -0.15) is 0 Å². The summed E-state index contributed by atoms with van der Waals surface area (Å²) in [5, 5.41) is 10.8.